The minimum absolute atomic E-state index is 0.315. The Morgan fingerprint density at radius 2 is 1.41 bits per heavy atom. The molecule has 0 atom stereocenters. The van der Waals surface area contributed by atoms with E-state index in [0.29, 0.717) is 30.1 Å². The molecule has 0 unspecified atom stereocenters. The summed E-state index contributed by atoms with van der Waals surface area (Å²) in [6.45, 7) is 8.52. The Kier molecular flexibility index (Phi) is 13.6. The van der Waals surface area contributed by atoms with E-state index in [4.69, 9.17) is 14.2 Å². The van der Waals surface area contributed by atoms with E-state index in [1.165, 1.54) is 24.8 Å². The number of pyridine rings is 1. The summed E-state index contributed by atoms with van der Waals surface area (Å²) in [6.07, 6.45) is 12.8. The van der Waals surface area contributed by atoms with E-state index in [2.05, 4.69) is 24.6 Å². The van der Waals surface area contributed by atoms with Crippen molar-refractivity contribution in [2.45, 2.75) is 78.1 Å². The first-order valence-corrected chi connectivity index (χ1v) is 14.8. The highest BCUT2D eigenvalue weighted by molar-refractivity contribution is 5.91. The van der Waals surface area contributed by atoms with Crippen molar-refractivity contribution in [1.29, 1.82) is 0 Å². The van der Waals surface area contributed by atoms with Crippen LogP contribution >= 0.6 is 0 Å². The number of carbonyl (C=O) groups is 2. The van der Waals surface area contributed by atoms with Crippen LogP contribution in [0.15, 0.2) is 79.0 Å². The fraction of sp³-hybridized carbons (Fsp3) is 0.400. The SMILES string of the molecule is C=C(C)C(=O)OCCCCCCCCOc1ccc(C(=O)Oc2ccc(-c3ccc(CCCCC)cn3)cc2)cc1. The standard InChI is InChI=1S/C35H43NO5/c1-4-5-10-13-28-14-23-33(36-26-28)29-15-21-32(22-16-29)41-35(38)30-17-19-31(20-18-30)39-24-11-8-6-7-9-12-25-40-34(37)27(2)3/h14-23,26H,2,4-13,24-25H2,1,3H3. The minimum atomic E-state index is -0.409. The summed E-state index contributed by atoms with van der Waals surface area (Å²) in [5, 5.41) is 0. The van der Waals surface area contributed by atoms with Gasteiger partial charge < -0.3 is 14.2 Å². The van der Waals surface area contributed by atoms with Gasteiger partial charge in [0.2, 0.25) is 0 Å². The van der Waals surface area contributed by atoms with E-state index in [-0.39, 0.29) is 5.97 Å². The Labute approximate surface area is 244 Å². The number of hydrogen-bond donors (Lipinski definition) is 0. The molecule has 1 heterocycles. The second-order valence-electron chi connectivity index (χ2n) is 10.3. The third kappa shape index (κ3) is 11.6. The number of esters is 2. The monoisotopic (exact) mass is 557 g/mol. The van der Waals surface area contributed by atoms with E-state index in [0.717, 1.165) is 62.0 Å². The predicted octanol–water partition coefficient (Wildman–Crippen LogP) is 8.54. The third-order valence-corrected chi connectivity index (χ3v) is 6.73. The molecule has 1 aromatic heterocycles. The highest BCUT2D eigenvalue weighted by Crippen LogP contribution is 2.22. The molecular formula is C35H43NO5. The van der Waals surface area contributed by atoms with Crippen molar-refractivity contribution in [2.75, 3.05) is 13.2 Å². The van der Waals surface area contributed by atoms with Gasteiger partial charge in [-0.05, 0) is 92.8 Å². The Balaban J connectivity index is 1.32. The van der Waals surface area contributed by atoms with Crippen molar-refractivity contribution in [1.82, 2.24) is 4.98 Å². The van der Waals surface area contributed by atoms with E-state index < -0.39 is 5.97 Å². The highest BCUT2D eigenvalue weighted by atomic mass is 16.5. The van der Waals surface area contributed by atoms with Gasteiger partial charge in [0, 0.05) is 17.3 Å². The molecular weight excluding hydrogens is 514 g/mol. The molecule has 0 fully saturated rings. The molecule has 0 aliphatic heterocycles. The van der Waals surface area contributed by atoms with Crippen molar-refractivity contribution in [2.24, 2.45) is 0 Å². The maximum absolute atomic E-state index is 12.6. The zero-order valence-corrected chi connectivity index (χ0v) is 24.5. The molecule has 2 aromatic carbocycles. The van der Waals surface area contributed by atoms with Gasteiger partial charge >= 0.3 is 11.9 Å². The molecule has 0 saturated heterocycles. The van der Waals surface area contributed by atoms with E-state index in [1.54, 1.807) is 43.3 Å². The molecule has 0 aliphatic carbocycles. The lowest BCUT2D eigenvalue weighted by Crippen LogP contribution is -2.08. The van der Waals surface area contributed by atoms with E-state index in [1.807, 2.05) is 24.4 Å². The van der Waals surface area contributed by atoms with Crippen LogP contribution < -0.4 is 9.47 Å². The summed E-state index contributed by atoms with van der Waals surface area (Å²) in [5.41, 5.74) is 4.04. The average molecular weight is 558 g/mol. The third-order valence-electron chi connectivity index (χ3n) is 6.73. The van der Waals surface area contributed by atoms with Crippen LogP contribution in [0.5, 0.6) is 11.5 Å². The van der Waals surface area contributed by atoms with Crippen molar-refractivity contribution in [3.63, 3.8) is 0 Å². The normalized spacial score (nSPS) is 10.7. The maximum atomic E-state index is 12.6. The number of aromatic nitrogens is 1. The van der Waals surface area contributed by atoms with Crippen LogP contribution in [0.4, 0.5) is 0 Å². The molecule has 3 rings (SSSR count). The van der Waals surface area contributed by atoms with Crippen molar-refractivity contribution in [3.8, 4) is 22.8 Å². The largest absolute Gasteiger partial charge is 0.494 e. The number of aryl methyl sites for hydroxylation is 1. The lowest BCUT2D eigenvalue weighted by molar-refractivity contribution is -0.139. The van der Waals surface area contributed by atoms with Gasteiger partial charge in [-0.25, -0.2) is 9.59 Å². The number of ether oxygens (including phenoxy) is 3. The first-order chi connectivity index (χ1) is 20.0. The van der Waals surface area contributed by atoms with Crippen molar-refractivity contribution >= 4 is 11.9 Å². The topological polar surface area (TPSA) is 74.7 Å². The minimum Gasteiger partial charge on any atom is -0.494 e. The predicted molar refractivity (Wildman–Crippen MR) is 163 cm³/mol. The first kappa shape index (κ1) is 31.6. The highest BCUT2D eigenvalue weighted by Gasteiger charge is 2.10. The lowest BCUT2D eigenvalue weighted by atomic mass is 10.1. The van der Waals surface area contributed by atoms with Gasteiger partial charge in [-0.2, -0.15) is 0 Å². The van der Waals surface area contributed by atoms with Gasteiger partial charge in [0.1, 0.15) is 11.5 Å². The van der Waals surface area contributed by atoms with Crippen LogP contribution in [-0.4, -0.2) is 30.1 Å². The Bertz CT molecular complexity index is 1220. The van der Waals surface area contributed by atoms with Gasteiger partial charge in [0.05, 0.1) is 24.5 Å². The van der Waals surface area contributed by atoms with E-state index in [9.17, 15) is 9.59 Å². The fourth-order valence-electron chi connectivity index (χ4n) is 4.26. The van der Waals surface area contributed by atoms with Gasteiger partial charge in [-0.15, -0.1) is 0 Å². The van der Waals surface area contributed by atoms with Gasteiger partial charge in [-0.1, -0.05) is 58.1 Å². The lowest BCUT2D eigenvalue weighted by Gasteiger charge is -2.08. The quantitative estimate of drug-likeness (QED) is 0.0675. The molecule has 0 radical (unpaired) electrons. The zero-order valence-electron chi connectivity index (χ0n) is 24.5. The Morgan fingerprint density at radius 1 is 0.756 bits per heavy atom. The maximum Gasteiger partial charge on any atom is 0.343 e. The smallest absolute Gasteiger partial charge is 0.343 e. The summed E-state index contributed by atoms with van der Waals surface area (Å²) < 4.78 is 16.5. The van der Waals surface area contributed by atoms with Gasteiger partial charge in [0.25, 0.3) is 0 Å². The summed E-state index contributed by atoms with van der Waals surface area (Å²) in [5.74, 6) is 0.496. The Morgan fingerprint density at radius 3 is 2.05 bits per heavy atom. The molecule has 6 heteroatoms. The molecule has 0 amide bonds. The van der Waals surface area contributed by atoms with Crippen LogP contribution in [0.3, 0.4) is 0 Å². The van der Waals surface area contributed by atoms with Crippen molar-refractivity contribution in [3.05, 3.63) is 90.1 Å². The van der Waals surface area contributed by atoms with Crippen LogP contribution in [0, 0.1) is 0 Å². The fourth-order valence-corrected chi connectivity index (χ4v) is 4.26. The summed E-state index contributed by atoms with van der Waals surface area (Å²) >= 11 is 0. The number of nitrogens with zero attached hydrogens (tertiary/aromatic N) is 1. The summed E-state index contributed by atoms with van der Waals surface area (Å²) in [6, 6.07) is 18.6. The number of benzene rings is 2. The molecule has 41 heavy (non-hydrogen) atoms. The molecule has 0 N–H and O–H groups in total. The summed E-state index contributed by atoms with van der Waals surface area (Å²) in [4.78, 5) is 28.5. The average Bonchev–Trinajstić information content (AvgIpc) is 2.99. The second kappa shape index (κ2) is 17.7. The number of unbranched alkanes of at least 4 members (excludes halogenated alkanes) is 7. The number of rotatable bonds is 18. The van der Waals surface area contributed by atoms with Gasteiger partial charge in [0.15, 0.2) is 0 Å². The molecule has 0 aliphatic rings. The van der Waals surface area contributed by atoms with E-state index >= 15 is 0 Å². The summed E-state index contributed by atoms with van der Waals surface area (Å²) in [7, 11) is 0. The molecule has 3 aromatic rings. The van der Waals surface area contributed by atoms with Crippen LogP contribution in [0.2, 0.25) is 0 Å². The van der Waals surface area contributed by atoms with Crippen LogP contribution in [-0.2, 0) is 16.0 Å². The molecule has 0 saturated carbocycles. The Hall–Kier alpha value is -3.93. The zero-order chi connectivity index (χ0) is 29.3. The molecule has 0 spiro atoms. The second-order valence-corrected chi connectivity index (χ2v) is 10.3. The molecule has 218 valence electrons. The first-order valence-electron chi connectivity index (χ1n) is 14.8. The van der Waals surface area contributed by atoms with Crippen LogP contribution in [0.25, 0.3) is 11.3 Å². The molecule has 6 nitrogen and oxygen atoms in total. The number of hydrogen-bond acceptors (Lipinski definition) is 6. The molecule has 0 bridgehead atoms. The van der Waals surface area contributed by atoms with Gasteiger partial charge in [-0.3, -0.25) is 4.98 Å². The van der Waals surface area contributed by atoms with Crippen LogP contribution in [0.1, 0.15) is 87.6 Å². The number of carbonyl (C=O) groups excluding carboxylic acids is 2. The van der Waals surface area contributed by atoms with Crippen molar-refractivity contribution < 1.29 is 23.8 Å².